The molecular formula is C30H25NO5. The van der Waals surface area contributed by atoms with E-state index in [9.17, 15) is 19.8 Å². The minimum Gasteiger partial charge on any atom is -0.507 e. The number of ether oxygens (including phenoxy) is 1. The summed E-state index contributed by atoms with van der Waals surface area (Å²) in [7, 11) is 0. The number of fused-ring (bicyclic) bond motifs is 3. The van der Waals surface area contributed by atoms with E-state index in [2.05, 4.69) is 17.4 Å². The van der Waals surface area contributed by atoms with Gasteiger partial charge in [-0.1, -0.05) is 84.9 Å². The van der Waals surface area contributed by atoms with Crippen LogP contribution in [0.3, 0.4) is 0 Å². The molecule has 3 N–H and O–H groups in total. The lowest BCUT2D eigenvalue weighted by molar-refractivity contribution is -0.139. The van der Waals surface area contributed by atoms with Crippen LogP contribution < -0.4 is 5.32 Å². The van der Waals surface area contributed by atoms with Gasteiger partial charge in [-0.05, 0) is 45.5 Å². The fourth-order valence-corrected chi connectivity index (χ4v) is 4.78. The van der Waals surface area contributed by atoms with Crippen molar-refractivity contribution < 1.29 is 24.5 Å². The highest BCUT2D eigenvalue weighted by Crippen LogP contribution is 2.44. The van der Waals surface area contributed by atoms with Crippen LogP contribution in [0.1, 0.15) is 22.6 Å². The van der Waals surface area contributed by atoms with E-state index in [1.807, 2.05) is 66.7 Å². The molecule has 0 spiro atoms. The number of hydrogen-bond donors (Lipinski definition) is 3. The van der Waals surface area contributed by atoms with E-state index >= 15 is 0 Å². The first kappa shape index (κ1) is 23.2. The third-order valence-electron chi connectivity index (χ3n) is 6.52. The second-order valence-electron chi connectivity index (χ2n) is 8.78. The maximum Gasteiger partial charge on any atom is 0.407 e. The van der Waals surface area contributed by atoms with Crippen molar-refractivity contribution in [3.05, 3.63) is 114 Å². The standard InChI is InChI=1S/C30H25NO5/c32-28-15-14-19(16-25(28)20-8-2-1-3-9-20)17-27(29(33)34)31-30(35)36-18-26-23-12-6-4-10-21(23)22-11-5-7-13-24(22)26/h1-16,26-27,32H,17-18H2,(H,31,35)(H,33,34)/t27-/m0/s1. The molecular weight excluding hydrogens is 454 g/mol. The molecule has 0 saturated heterocycles. The van der Waals surface area contributed by atoms with Crippen molar-refractivity contribution in [3.8, 4) is 28.0 Å². The van der Waals surface area contributed by atoms with Crippen LogP contribution in [-0.2, 0) is 16.0 Å². The van der Waals surface area contributed by atoms with Crippen LogP contribution >= 0.6 is 0 Å². The predicted molar refractivity (Wildman–Crippen MR) is 137 cm³/mol. The molecule has 0 aromatic heterocycles. The second kappa shape index (κ2) is 9.96. The van der Waals surface area contributed by atoms with E-state index in [4.69, 9.17) is 4.74 Å². The number of carbonyl (C=O) groups excluding carboxylic acids is 1. The van der Waals surface area contributed by atoms with Gasteiger partial charge in [-0.2, -0.15) is 0 Å². The van der Waals surface area contributed by atoms with Crippen LogP contribution in [0.2, 0.25) is 0 Å². The van der Waals surface area contributed by atoms with Crippen LogP contribution in [0.15, 0.2) is 97.1 Å². The number of alkyl carbamates (subject to hydrolysis) is 1. The Morgan fingerprint density at radius 2 is 1.42 bits per heavy atom. The number of carboxylic acids is 1. The number of amides is 1. The van der Waals surface area contributed by atoms with Crippen LogP contribution in [0, 0.1) is 0 Å². The van der Waals surface area contributed by atoms with Crippen molar-refractivity contribution in [2.75, 3.05) is 6.61 Å². The number of rotatable bonds is 7. The summed E-state index contributed by atoms with van der Waals surface area (Å²) in [6.07, 6.45) is -0.744. The number of aromatic hydroxyl groups is 1. The van der Waals surface area contributed by atoms with Crippen molar-refractivity contribution in [2.24, 2.45) is 0 Å². The molecule has 0 aliphatic heterocycles. The van der Waals surface area contributed by atoms with Gasteiger partial charge in [0.15, 0.2) is 0 Å². The Morgan fingerprint density at radius 1 is 0.806 bits per heavy atom. The lowest BCUT2D eigenvalue weighted by atomic mass is 9.98. The number of carboxylic acid groups (broad SMARTS) is 1. The minimum atomic E-state index is -1.19. The van der Waals surface area contributed by atoms with Crippen molar-refractivity contribution >= 4 is 12.1 Å². The Balaban J connectivity index is 1.27. The van der Waals surface area contributed by atoms with E-state index < -0.39 is 18.1 Å². The topological polar surface area (TPSA) is 95.9 Å². The van der Waals surface area contributed by atoms with Crippen molar-refractivity contribution in [2.45, 2.75) is 18.4 Å². The van der Waals surface area contributed by atoms with E-state index in [0.29, 0.717) is 11.1 Å². The number of carbonyl (C=O) groups is 2. The fourth-order valence-electron chi connectivity index (χ4n) is 4.78. The molecule has 6 heteroatoms. The molecule has 4 aromatic carbocycles. The Bertz CT molecular complexity index is 1370. The van der Waals surface area contributed by atoms with Gasteiger partial charge in [0.05, 0.1) is 0 Å². The van der Waals surface area contributed by atoms with Crippen molar-refractivity contribution in [3.63, 3.8) is 0 Å². The molecule has 1 aliphatic rings. The van der Waals surface area contributed by atoms with Gasteiger partial charge in [-0.25, -0.2) is 9.59 Å². The first-order chi connectivity index (χ1) is 17.5. The smallest absolute Gasteiger partial charge is 0.407 e. The number of aliphatic carboxylic acids is 1. The van der Waals surface area contributed by atoms with Gasteiger partial charge < -0.3 is 20.3 Å². The van der Waals surface area contributed by atoms with Gasteiger partial charge in [0.2, 0.25) is 0 Å². The third kappa shape index (κ3) is 4.66. The summed E-state index contributed by atoms with van der Waals surface area (Å²) in [5.41, 5.74) is 6.47. The summed E-state index contributed by atoms with van der Waals surface area (Å²) >= 11 is 0. The monoisotopic (exact) mass is 479 g/mol. The molecule has 36 heavy (non-hydrogen) atoms. The number of phenols is 1. The average Bonchev–Trinajstić information content (AvgIpc) is 3.22. The van der Waals surface area contributed by atoms with Gasteiger partial charge in [0, 0.05) is 17.9 Å². The van der Waals surface area contributed by atoms with E-state index in [0.717, 1.165) is 27.8 Å². The van der Waals surface area contributed by atoms with Gasteiger partial charge in [-0.15, -0.1) is 0 Å². The van der Waals surface area contributed by atoms with E-state index in [-0.39, 0.29) is 24.7 Å². The largest absolute Gasteiger partial charge is 0.507 e. The number of phenolic OH excluding ortho intramolecular Hbond substituents is 1. The summed E-state index contributed by atoms with van der Waals surface area (Å²) in [5.74, 6) is -1.18. The molecule has 1 atom stereocenters. The molecule has 180 valence electrons. The lowest BCUT2D eigenvalue weighted by Crippen LogP contribution is -2.42. The molecule has 1 aliphatic carbocycles. The molecule has 6 nitrogen and oxygen atoms in total. The molecule has 1 amide bonds. The minimum absolute atomic E-state index is 0.0413. The summed E-state index contributed by atoms with van der Waals surface area (Å²) in [4.78, 5) is 24.6. The summed E-state index contributed by atoms with van der Waals surface area (Å²) < 4.78 is 5.52. The van der Waals surface area contributed by atoms with Crippen LogP contribution in [-0.4, -0.2) is 34.9 Å². The second-order valence-corrected chi connectivity index (χ2v) is 8.78. The summed E-state index contributed by atoms with van der Waals surface area (Å²) in [5, 5.41) is 22.5. The molecule has 0 fully saturated rings. The van der Waals surface area contributed by atoms with Crippen molar-refractivity contribution in [1.82, 2.24) is 5.32 Å². The quantitative estimate of drug-likeness (QED) is 0.321. The zero-order valence-corrected chi connectivity index (χ0v) is 19.4. The predicted octanol–water partition coefficient (Wildman–Crippen LogP) is 5.59. The maximum atomic E-state index is 12.6. The van der Waals surface area contributed by atoms with Gasteiger partial charge in [-0.3, -0.25) is 0 Å². The van der Waals surface area contributed by atoms with Gasteiger partial charge in [0.25, 0.3) is 0 Å². The summed E-state index contributed by atoms with van der Waals surface area (Å²) in [6.45, 7) is 0.101. The zero-order chi connectivity index (χ0) is 25.1. The molecule has 5 rings (SSSR count). The third-order valence-corrected chi connectivity index (χ3v) is 6.52. The highest BCUT2D eigenvalue weighted by molar-refractivity contribution is 5.81. The molecule has 0 bridgehead atoms. The Hall–Kier alpha value is -4.58. The first-order valence-corrected chi connectivity index (χ1v) is 11.7. The lowest BCUT2D eigenvalue weighted by Gasteiger charge is -2.18. The van der Waals surface area contributed by atoms with Crippen LogP contribution in [0.4, 0.5) is 4.79 Å². The Kier molecular flexibility index (Phi) is 6.41. The number of benzene rings is 4. The molecule has 0 radical (unpaired) electrons. The molecule has 4 aromatic rings. The highest BCUT2D eigenvalue weighted by Gasteiger charge is 2.30. The van der Waals surface area contributed by atoms with Gasteiger partial charge in [0.1, 0.15) is 18.4 Å². The van der Waals surface area contributed by atoms with Crippen molar-refractivity contribution in [1.29, 1.82) is 0 Å². The molecule has 0 saturated carbocycles. The number of nitrogens with one attached hydrogen (secondary N) is 1. The van der Waals surface area contributed by atoms with E-state index in [1.165, 1.54) is 6.07 Å². The van der Waals surface area contributed by atoms with E-state index in [1.54, 1.807) is 12.1 Å². The average molecular weight is 480 g/mol. The zero-order valence-electron chi connectivity index (χ0n) is 19.4. The van der Waals surface area contributed by atoms with Crippen LogP contribution in [0.5, 0.6) is 5.75 Å². The SMILES string of the molecule is O=C(N[C@@H](Cc1ccc(O)c(-c2ccccc2)c1)C(=O)O)OCC1c2ccccc2-c2ccccc21. The number of hydrogen-bond acceptors (Lipinski definition) is 4. The first-order valence-electron chi connectivity index (χ1n) is 11.7. The molecule has 0 unspecified atom stereocenters. The van der Waals surface area contributed by atoms with Gasteiger partial charge >= 0.3 is 12.1 Å². The highest BCUT2D eigenvalue weighted by atomic mass is 16.5. The normalized spacial score (nSPS) is 12.9. The fraction of sp³-hybridized carbons (Fsp3) is 0.133. The summed E-state index contributed by atoms with van der Waals surface area (Å²) in [6, 6.07) is 29.1. The Morgan fingerprint density at radius 3 is 2.06 bits per heavy atom. The Labute approximate surface area is 208 Å². The molecule has 0 heterocycles. The maximum absolute atomic E-state index is 12.6. The van der Waals surface area contributed by atoms with Crippen LogP contribution in [0.25, 0.3) is 22.3 Å².